The summed E-state index contributed by atoms with van der Waals surface area (Å²) >= 11 is 0. The van der Waals surface area contributed by atoms with Gasteiger partial charge in [-0.2, -0.15) is 43.2 Å². The van der Waals surface area contributed by atoms with Gasteiger partial charge in [0.15, 0.2) is 0 Å². The van der Waals surface area contributed by atoms with Gasteiger partial charge >= 0.3 is 31.1 Å². The lowest BCUT2D eigenvalue weighted by molar-refractivity contribution is -0.0440. The molecule has 0 heterocycles. The molecule has 0 aromatic rings. The first-order chi connectivity index (χ1) is 9.62. The van der Waals surface area contributed by atoms with Crippen molar-refractivity contribution >= 4 is 39.9 Å². The molecule has 0 spiro atoms. The molecule has 0 aromatic heterocycles. The Bertz CT molecular complexity index is 834. The average molecular weight is 434 g/mol. The van der Waals surface area contributed by atoms with Crippen molar-refractivity contribution in [2.75, 3.05) is 12.5 Å². The molecule has 2 atom stereocenters. The van der Waals surface area contributed by atoms with Crippen molar-refractivity contribution < 1.29 is 51.6 Å². The molecule has 0 bridgehead atoms. The molecule has 0 saturated heterocycles. The smallest absolute Gasteiger partial charge is 0.470 e. The lowest BCUT2D eigenvalue weighted by Crippen LogP contribution is -2.23. The van der Waals surface area contributed by atoms with E-state index in [1.54, 1.807) is 7.54 Å². The summed E-state index contributed by atoms with van der Waals surface area (Å²) in [5.74, 6) is 0. The molecule has 0 aliphatic carbocycles. The SMILES string of the molecule is CS(=O)(=NS(=O)(=O)C(F)(F)F)[N-]S(C)(=O)=NS(=O)(=O)C(F)(F)F. The van der Waals surface area contributed by atoms with Crippen molar-refractivity contribution in [3.8, 4) is 0 Å². The fourth-order valence-corrected chi connectivity index (χ4v) is 7.08. The van der Waals surface area contributed by atoms with Crippen LogP contribution in [0.25, 0.3) is 4.13 Å². The fourth-order valence-electron chi connectivity index (χ4n) is 0.732. The maximum atomic E-state index is 12.0. The van der Waals surface area contributed by atoms with Crippen LogP contribution in [0, 0.1) is 0 Å². The first-order valence-corrected chi connectivity index (χ1v) is 11.1. The number of rotatable bonds is 4. The number of nitrogens with zero attached hydrogens (tertiary/aromatic N) is 3. The van der Waals surface area contributed by atoms with Crippen molar-refractivity contribution in [1.82, 2.24) is 0 Å². The Kier molecular flexibility index (Phi) is 5.83. The molecular formula is C4H6F6N3O6S4-. The minimum absolute atomic E-state index is 0.0785. The Morgan fingerprint density at radius 3 is 1.04 bits per heavy atom. The van der Waals surface area contributed by atoms with Crippen molar-refractivity contribution in [3.63, 3.8) is 0 Å². The predicted molar refractivity (Wildman–Crippen MR) is 66.3 cm³/mol. The first kappa shape index (κ1) is 22.3. The van der Waals surface area contributed by atoms with E-state index in [4.69, 9.17) is 0 Å². The highest BCUT2D eigenvalue weighted by Gasteiger charge is 2.47. The third kappa shape index (κ3) is 6.39. The van der Waals surface area contributed by atoms with E-state index in [0.717, 1.165) is 0 Å². The van der Waals surface area contributed by atoms with Gasteiger partial charge in [-0.05, 0) is 19.8 Å². The Morgan fingerprint density at radius 2 is 0.870 bits per heavy atom. The second-order valence-corrected chi connectivity index (χ2v) is 11.3. The van der Waals surface area contributed by atoms with Gasteiger partial charge in [-0.15, -0.1) is 7.54 Å². The zero-order valence-corrected chi connectivity index (χ0v) is 14.0. The maximum Gasteiger partial charge on any atom is 0.519 e. The summed E-state index contributed by atoms with van der Waals surface area (Å²) in [6, 6.07) is 0. The number of alkyl halides is 6. The summed E-state index contributed by atoms with van der Waals surface area (Å²) in [7, 11) is -22.6. The van der Waals surface area contributed by atoms with E-state index in [1.165, 1.54) is 0 Å². The van der Waals surface area contributed by atoms with Gasteiger partial charge in [0.1, 0.15) is 0 Å². The Balaban J connectivity index is 6.11. The van der Waals surface area contributed by atoms with Gasteiger partial charge in [0.25, 0.3) is 0 Å². The molecule has 23 heavy (non-hydrogen) atoms. The zero-order valence-electron chi connectivity index (χ0n) is 10.7. The molecule has 0 aromatic carbocycles. The van der Waals surface area contributed by atoms with Crippen LogP contribution in [0.5, 0.6) is 0 Å². The van der Waals surface area contributed by atoms with Crippen LogP contribution >= 0.6 is 0 Å². The van der Waals surface area contributed by atoms with Gasteiger partial charge in [-0.25, -0.2) is 0 Å². The van der Waals surface area contributed by atoms with E-state index in [9.17, 15) is 51.6 Å². The molecule has 0 rings (SSSR count). The van der Waals surface area contributed by atoms with E-state index in [1.807, 2.05) is 0 Å². The van der Waals surface area contributed by atoms with Crippen LogP contribution < -0.4 is 0 Å². The fraction of sp³-hybridized carbons (Fsp3) is 1.00. The van der Waals surface area contributed by atoms with E-state index >= 15 is 0 Å². The summed E-state index contributed by atoms with van der Waals surface area (Å²) in [4.78, 5) is 0. The molecule has 0 N–H and O–H groups in total. The third-order valence-electron chi connectivity index (χ3n) is 1.33. The highest BCUT2D eigenvalue weighted by molar-refractivity contribution is 8.18. The van der Waals surface area contributed by atoms with E-state index in [2.05, 4.69) is 4.13 Å². The van der Waals surface area contributed by atoms with Gasteiger partial charge < -0.3 is 4.13 Å². The second-order valence-electron chi connectivity index (χ2n) is 3.59. The predicted octanol–water partition coefficient (Wildman–Crippen LogP) is 1.08. The largest absolute Gasteiger partial charge is 0.519 e. The van der Waals surface area contributed by atoms with Crippen molar-refractivity contribution in [2.24, 2.45) is 7.54 Å². The molecule has 2 unspecified atom stereocenters. The monoisotopic (exact) mass is 434 g/mol. The van der Waals surface area contributed by atoms with Crippen molar-refractivity contribution in [1.29, 1.82) is 0 Å². The third-order valence-corrected chi connectivity index (χ3v) is 8.50. The van der Waals surface area contributed by atoms with E-state index in [0.29, 0.717) is 0 Å². The molecule has 9 nitrogen and oxygen atoms in total. The minimum atomic E-state index is -6.38. The van der Waals surface area contributed by atoms with Crippen LogP contribution in [-0.2, 0) is 39.9 Å². The summed E-state index contributed by atoms with van der Waals surface area (Å²) in [6.07, 6.45) is 0.157. The number of hydrogen-bond donors (Lipinski definition) is 0. The molecule has 0 amide bonds. The highest BCUT2D eigenvalue weighted by atomic mass is 32.3. The summed E-state index contributed by atoms with van der Waals surface area (Å²) in [6.45, 7) is 0. The van der Waals surface area contributed by atoms with E-state index < -0.39 is 50.9 Å². The lowest BCUT2D eigenvalue weighted by atomic mass is 11.6. The molecule has 0 aliphatic rings. The van der Waals surface area contributed by atoms with Crippen LogP contribution in [0.3, 0.4) is 0 Å². The molecule has 140 valence electrons. The molecule has 0 aliphatic heterocycles. The topological polar surface area (TPSA) is 141 Å². The number of sulfonamides is 2. The maximum absolute atomic E-state index is 12.0. The molecule has 0 radical (unpaired) electrons. The van der Waals surface area contributed by atoms with Crippen LogP contribution in [0.2, 0.25) is 0 Å². The van der Waals surface area contributed by atoms with Gasteiger partial charge in [0.2, 0.25) is 0 Å². The molecular weight excluding hydrogens is 428 g/mol. The minimum Gasteiger partial charge on any atom is -0.470 e. The van der Waals surface area contributed by atoms with Gasteiger partial charge in [-0.1, -0.05) is 0 Å². The summed E-state index contributed by atoms with van der Waals surface area (Å²) < 4.78 is 144. The standard InChI is InChI=1S/C4H6F6N3O6S4/c1-20(14,12-22(16,17)3(5,6)7)11-21(2,15)13-23(18,19)4(8,9)10/h1-2H3/q-1. The van der Waals surface area contributed by atoms with Gasteiger partial charge in [-0.3, -0.25) is 8.42 Å². The number of halogens is 6. The van der Waals surface area contributed by atoms with Gasteiger partial charge in [0, 0.05) is 12.5 Å². The Morgan fingerprint density at radius 1 is 0.652 bits per heavy atom. The second kappa shape index (κ2) is 6.01. The Labute approximate surface area is 127 Å². The van der Waals surface area contributed by atoms with Gasteiger partial charge in [0.05, 0.1) is 0 Å². The van der Waals surface area contributed by atoms with Crippen LogP contribution in [0.4, 0.5) is 26.3 Å². The molecule has 19 heteroatoms. The highest BCUT2D eigenvalue weighted by Crippen LogP contribution is 2.29. The van der Waals surface area contributed by atoms with Crippen molar-refractivity contribution in [3.05, 3.63) is 4.13 Å². The van der Waals surface area contributed by atoms with Crippen LogP contribution in [0.1, 0.15) is 0 Å². The average Bonchev–Trinajstić information content (AvgIpc) is 2.05. The molecule has 0 saturated carbocycles. The Hall–Kier alpha value is -0.660. The number of hydrogen-bond acceptors (Lipinski definition) is 6. The summed E-state index contributed by atoms with van der Waals surface area (Å²) in [5, 5.41) is 0. The van der Waals surface area contributed by atoms with Crippen molar-refractivity contribution in [2.45, 2.75) is 11.0 Å². The molecule has 0 fully saturated rings. The lowest BCUT2D eigenvalue weighted by Gasteiger charge is -2.22. The summed E-state index contributed by atoms with van der Waals surface area (Å²) in [5.41, 5.74) is -12.0. The zero-order chi connectivity index (χ0) is 19.1. The van der Waals surface area contributed by atoms with Crippen LogP contribution in [0.15, 0.2) is 7.54 Å². The normalized spacial score (nSPS) is 19.5. The van der Waals surface area contributed by atoms with E-state index in [-0.39, 0.29) is 12.5 Å². The quantitative estimate of drug-likeness (QED) is 0.606. The van der Waals surface area contributed by atoms with Crippen LogP contribution in [-0.4, -0.2) is 48.8 Å². The first-order valence-electron chi connectivity index (χ1n) is 4.45.